The minimum Gasteiger partial charge on any atom is -0.460 e. The van der Waals surface area contributed by atoms with E-state index in [1.165, 1.54) is 0 Å². The molecule has 4 heteroatoms. The molecule has 0 heterocycles. The standard InChI is InChI=1S/C23H44O4/c1-7-9-18-22(3,4)26-20(24)16-14-12-11-13-15-17-21(25)27-23(5,6)19-10-8-2/h7-19H2,1-6H3. The first-order valence-electron chi connectivity index (χ1n) is 11.1. The second kappa shape index (κ2) is 14.0. The number of ether oxygens (including phenoxy) is 2. The van der Waals surface area contributed by atoms with Crippen molar-refractivity contribution in [3.8, 4) is 0 Å². The van der Waals surface area contributed by atoms with Gasteiger partial charge in [-0.25, -0.2) is 0 Å². The van der Waals surface area contributed by atoms with Gasteiger partial charge in [-0.3, -0.25) is 9.59 Å². The molecule has 4 nitrogen and oxygen atoms in total. The maximum absolute atomic E-state index is 11.9. The summed E-state index contributed by atoms with van der Waals surface area (Å²) in [4.78, 5) is 23.8. The molecule has 0 saturated heterocycles. The van der Waals surface area contributed by atoms with Gasteiger partial charge in [0, 0.05) is 12.8 Å². The lowest BCUT2D eigenvalue weighted by molar-refractivity contribution is -0.158. The molecule has 0 N–H and O–H groups in total. The van der Waals surface area contributed by atoms with Crippen LogP contribution < -0.4 is 0 Å². The van der Waals surface area contributed by atoms with E-state index >= 15 is 0 Å². The highest BCUT2D eigenvalue weighted by Crippen LogP contribution is 2.20. The maximum Gasteiger partial charge on any atom is 0.306 e. The van der Waals surface area contributed by atoms with E-state index in [-0.39, 0.29) is 23.1 Å². The Kier molecular flexibility index (Phi) is 13.5. The fourth-order valence-electron chi connectivity index (χ4n) is 3.09. The first kappa shape index (κ1) is 25.9. The van der Waals surface area contributed by atoms with Crippen LogP contribution in [0.3, 0.4) is 0 Å². The number of esters is 2. The Morgan fingerprint density at radius 3 is 1.26 bits per heavy atom. The molecule has 0 rings (SSSR count). The summed E-state index contributed by atoms with van der Waals surface area (Å²) < 4.78 is 11.1. The predicted molar refractivity (Wildman–Crippen MR) is 112 cm³/mol. The van der Waals surface area contributed by atoms with Crippen molar-refractivity contribution >= 4 is 11.9 Å². The van der Waals surface area contributed by atoms with Crippen LogP contribution in [0.2, 0.25) is 0 Å². The molecule has 27 heavy (non-hydrogen) atoms. The van der Waals surface area contributed by atoms with Crippen LogP contribution in [0.5, 0.6) is 0 Å². The summed E-state index contributed by atoms with van der Waals surface area (Å²) in [6.45, 7) is 12.2. The van der Waals surface area contributed by atoms with E-state index in [9.17, 15) is 9.59 Å². The van der Waals surface area contributed by atoms with E-state index < -0.39 is 0 Å². The highest BCUT2D eigenvalue weighted by molar-refractivity contribution is 5.70. The van der Waals surface area contributed by atoms with E-state index in [1.54, 1.807) is 0 Å². The van der Waals surface area contributed by atoms with Gasteiger partial charge in [0.05, 0.1) is 0 Å². The number of unbranched alkanes of at least 4 members (excludes halogenated alkanes) is 6. The highest BCUT2D eigenvalue weighted by Gasteiger charge is 2.22. The molecule has 0 aliphatic heterocycles. The zero-order valence-corrected chi connectivity index (χ0v) is 18.8. The van der Waals surface area contributed by atoms with E-state index in [0.717, 1.165) is 70.6 Å². The van der Waals surface area contributed by atoms with Crippen LogP contribution in [0.4, 0.5) is 0 Å². The van der Waals surface area contributed by atoms with Gasteiger partial charge in [-0.15, -0.1) is 0 Å². The second-order valence-corrected chi connectivity index (χ2v) is 8.94. The number of hydrogen-bond donors (Lipinski definition) is 0. The van der Waals surface area contributed by atoms with E-state index in [1.807, 2.05) is 27.7 Å². The molecule has 0 bridgehead atoms. The molecular weight excluding hydrogens is 340 g/mol. The molecule has 0 atom stereocenters. The largest absolute Gasteiger partial charge is 0.460 e. The maximum atomic E-state index is 11.9. The Morgan fingerprint density at radius 1 is 0.593 bits per heavy atom. The van der Waals surface area contributed by atoms with Crippen molar-refractivity contribution in [2.45, 2.75) is 136 Å². The summed E-state index contributed by atoms with van der Waals surface area (Å²) in [5.41, 5.74) is -0.698. The number of rotatable bonds is 16. The van der Waals surface area contributed by atoms with Crippen molar-refractivity contribution in [1.82, 2.24) is 0 Å². The summed E-state index contributed by atoms with van der Waals surface area (Å²) in [6, 6.07) is 0. The van der Waals surface area contributed by atoms with Gasteiger partial charge in [0.25, 0.3) is 0 Å². The minimum absolute atomic E-state index is 0.0889. The van der Waals surface area contributed by atoms with Crippen LogP contribution >= 0.6 is 0 Å². The van der Waals surface area contributed by atoms with Crippen LogP contribution in [-0.4, -0.2) is 23.1 Å². The van der Waals surface area contributed by atoms with Gasteiger partial charge in [-0.2, -0.15) is 0 Å². The van der Waals surface area contributed by atoms with Crippen molar-refractivity contribution in [3.63, 3.8) is 0 Å². The van der Waals surface area contributed by atoms with Crippen molar-refractivity contribution in [2.24, 2.45) is 0 Å². The van der Waals surface area contributed by atoms with Gasteiger partial charge in [-0.1, -0.05) is 46.0 Å². The lowest BCUT2D eigenvalue weighted by Gasteiger charge is -2.25. The van der Waals surface area contributed by atoms with Crippen molar-refractivity contribution in [1.29, 1.82) is 0 Å². The Morgan fingerprint density at radius 2 is 0.926 bits per heavy atom. The molecule has 0 aromatic carbocycles. The summed E-state index contributed by atoms with van der Waals surface area (Å²) >= 11 is 0. The van der Waals surface area contributed by atoms with E-state index in [4.69, 9.17) is 9.47 Å². The van der Waals surface area contributed by atoms with Crippen LogP contribution in [0.1, 0.15) is 125 Å². The molecule has 0 saturated carbocycles. The fraction of sp³-hybridized carbons (Fsp3) is 0.913. The van der Waals surface area contributed by atoms with Crippen LogP contribution in [0.15, 0.2) is 0 Å². The minimum atomic E-state index is -0.349. The first-order chi connectivity index (χ1) is 12.6. The van der Waals surface area contributed by atoms with Gasteiger partial charge >= 0.3 is 11.9 Å². The Labute approximate surface area is 167 Å². The predicted octanol–water partition coefficient (Wildman–Crippen LogP) is 6.74. The summed E-state index contributed by atoms with van der Waals surface area (Å²) in [5.74, 6) is -0.178. The molecule has 0 spiro atoms. The number of carbonyl (C=O) groups excluding carboxylic acids is 2. The van der Waals surface area contributed by atoms with Gasteiger partial charge in [0.2, 0.25) is 0 Å². The van der Waals surface area contributed by atoms with Crippen LogP contribution in [0.25, 0.3) is 0 Å². The van der Waals surface area contributed by atoms with Crippen molar-refractivity contribution in [2.75, 3.05) is 0 Å². The zero-order chi connectivity index (χ0) is 20.8. The monoisotopic (exact) mass is 384 g/mol. The fourth-order valence-corrected chi connectivity index (χ4v) is 3.09. The topological polar surface area (TPSA) is 52.6 Å². The molecule has 160 valence electrons. The van der Waals surface area contributed by atoms with Gasteiger partial charge in [0.15, 0.2) is 0 Å². The Bertz CT molecular complexity index is 375. The van der Waals surface area contributed by atoms with Crippen molar-refractivity contribution in [3.05, 3.63) is 0 Å². The van der Waals surface area contributed by atoms with E-state index in [2.05, 4.69) is 13.8 Å². The molecule has 0 unspecified atom stereocenters. The van der Waals surface area contributed by atoms with Gasteiger partial charge < -0.3 is 9.47 Å². The molecule has 0 aliphatic carbocycles. The normalized spacial score (nSPS) is 12.1. The average molecular weight is 385 g/mol. The molecule has 0 aromatic heterocycles. The smallest absolute Gasteiger partial charge is 0.306 e. The highest BCUT2D eigenvalue weighted by atomic mass is 16.6. The third-order valence-electron chi connectivity index (χ3n) is 4.81. The molecule has 0 aromatic rings. The summed E-state index contributed by atoms with van der Waals surface area (Å²) in [5, 5.41) is 0. The summed E-state index contributed by atoms with van der Waals surface area (Å²) in [6.07, 6.45) is 12.0. The van der Waals surface area contributed by atoms with Gasteiger partial charge in [0.1, 0.15) is 11.2 Å². The first-order valence-corrected chi connectivity index (χ1v) is 11.1. The van der Waals surface area contributed by atoms with E-state index in [0.29, 0.717) is 12.8 Å². The zero-order valence-electron chi connectivity index (χ0n) is 18.8. The Balaban J connectivity index is 3.71. The lowest BCUT2D eigenvalue weighted by Crippen LogP contribution is -2.27. The number of hydrogen-bond acceptors (Lipinski definition) is 4. The van der Waals surface area contributed by atoms with Gasteiger partial charge in [-0.05, 0) is 66.2 Å². The second-order valence-electron chi connectivity index (χ2n) is 8.94. The lowest BCUT2D eigenvalue weighted by atomic mass is 10.0. The molecule has 0 amide bonds. The molecule has 0 fully saturated rings. The van der Waals surface area contributed by atoms with Crippen molar-refractivity contribution < 1.29 is 19.1 Å². The molecule has 0 radical (unpaired) electrons. The summed E-state index contributed by atoms with van der Waals surface area (Å²) in [7, 11) is 0. The quantitative estimate of drug-likeness (QED) is 0.218. The number of carbonyl (C=O) groups is 2. The average Bonchev–Trinajstić information content (AvgIpc) is 2.56. The molecular formula is C23H44O4. The third kappa shape index (κ3) is 15.7. The SMILES string of the molecule is CCCCC(C)(C)OC(=O)CCCCCCCC(=O)OC(C)(C)CCCC. The third-order valence-corrected chi connectivity index (χ3v) is 4.81. The van der Waals surface area contributed by atoms with Crippen LogP contribution in [0, 0.1) is 0 Å². The van der Waals surface area contributed by atoms with Crippen LogP contribution in [-0.2, 0) is 19.1 Å². The Hall–Kier alpha value is -1.06. The molecule has 0 aliphatic rings.